The summed E-state index contributed by atoms with van der Waals surface area (Å²) >= 11 is 0. The zero-order chi connectivity index (χ0) is 23.2. The average Bonchev–Trinajstić information content (AvgIpc) is 2.82. The van der Waals surface area contributed by atoms with E-state index in [0.29, 0.717) is 18.7 Å². The van der Waals surface area contributed by atoms with Crippen molar-refractivity contribution in [3.63, 3.8) is 0 Å². The largest absolute Gasteiger partial charge is 0.494 e. The van der Waals surface area contributed by atoms with E-state index in [2.05, 4.69) is 17.6 Å². The molecule has 174 valence electrons. The fourth-order valence-electron chi connectivity index (χ4n) is 3.37. The molecule has 0 aliphatic rings. The van der Waals surface area contributed by atoms with E-state index in [4.69, 9.17) is 4.74 Å². The van der Waals surface area contributed by atoms with Gasteiger partial charge in [0, 0.05) is 30.0 Å². The fraction of sp³-hybridized carbons (Fsp3) is 0.462. The summed E-state index contributed by atoms with van der Waals surface area (Å²) in [5.74, 6) is 0.646. The van der Waals surface area contributed by atoms with Gasteiger partial charge in [-0.1, -0.05) is 38.7 Å². The number of amides is 2. The molecule has 0 aliphatic carbocycles. The lowest BCUT2D eigenvalue weighted by atomic mass is 10.1. The number of carbonyl (C=O) groups excluding carboxylic acids is 2. The molecule has 2 aromatic carbocycles. The third-order valence-electron chi connectivity index (χ3n) is 5.27. The van der Waals surface area contributed by atoms with Crippen LogP contribution < -0.4 is 15.4 Å². The Bertz CT molecular complexity index is 832. The first-order valence-electron chi connectivity index (χ1n) is 11.7. The number of rotatable bonds is 14. The summed E-state index contributed by atoms with van der Waals surface area (Å²) in [4.78, 5) is 26.6. The molecule has 0 fully saturated rings. The second-order valence-electron chi connectivity index (χ2n) is 7.75. The highest BCUT2D eigenvalue weighted by Gasteiger charge is 2.12. The van der Waals surface area contributed by atoms with Crippen LogP contribution in [0.4, 0.5) is 11.4 Å². The Balaban J connectivity index is 1.77. The van der Waals surface area contributed by atoms with Crippen LogP contribution in [0.15, 0.2) is 48.5 Å². The van der Waals surface area contributed by atoms with Gasteiger partial charge in [-0.05, 0) is 62.7 Å². The predicted molar refractivity (Wildman–Crippen MR) is 132 cm³/mol. The summed E-state index contributed by atoms with van der Waals surface area (Å²) in [7, 11) is 0. The maximum atomic E-state index is 12.5. The van der Waals surface area contributed by atoms with E-state index in [1.54, 1.807) is 17.0 Å². The third kappa shape index (κ3) is 8.61. The van der Waals surface area contributed by atoms with Crippen molar-refractivity contribution < 1.29 is 14.3 Å². The highest BCUT2D eigenvalue weighted by Crippen LogP contribution is 2.17. The summed E-state index contributed by atoms with van der Waals surface area (Å²) in [6.45, 7) is 8.29. The number of anilines is 2. The number of carbonyl (C=O) groups is 2. The molecule has 0 atom stereocenters. The number of benzene rings is 2. The molecule has 2 N–H and O–H groups in total. The van der Waals surface area contributed by atoms with Gasteiger partial charge in [0.25, 0.3) is 5.91 Å². The summed E-state index contributed by atoms with van der Waals surface area (Å²) in [5.41, 5.74) is 2.07. The van der Waals surface area contributed by atoms with Gasteiger partial charge in [0.15, 0.2) is 0 Å². The van der Waals surface area contributed by atoms with Crippen LogP contribution in [0.1, 0.15) is 63.2 Å². The molecule has 0 radical (unpaired) electrons. The van der Waals surface area contributed by atoms with Crippen LogP contribution in [0, 0.1) is 0 Å². The molecule has 6 nitrogen and oxygen atoms in total. The normalized spacial score (nSPS) is 10.5. The SMILES string of the molecule is CCCCCCCOc1ccc(NC(=O)CNc2cccc(C(=O)N(CC)CC)c2)cc1. The number of hydrogen-bond donors (Lipinski definition) is 2. The molecule has 2 rings (SSSR count). The van der Waals surface area contributed by atoms with Crippen molar-refractivity contribution in [1.82, 2.24) is 4.90 Å². The summed E-state index contributed by atoms with van der Waals surface area (Å²) < 4.78 is 5.76. The van der Waals surface area contributed by atoms with Gasteiger partial charge in [-0.25, -0.2) is 0 Å². The van der Waals surface area contributed by atoms with Crippen molar-refractivity contribution in [1.29, 1.82) is 0 Å². The summed E-state index contributed by atoms with van der Waals surface area (Å²) in [5, 5.41) is 5.96. The lowest BCUT2D eigenvalue weighted by Gasteiger charge is -2.19. The smallest absolute Gasteiger partial charge is 0.253 e. The molecule has 6 heteroatoms. The van der Waals surface area contributed by atoms with Gasteiger partial charge in [-0.15, -0.1) is 0 Å². The first kappa shape index (κ1) is 25.2. The third-order valence-corrected chi connectivity index (χ3v) is 5.27. The lowest BCUT2D eigenvalue weighted by molar-refractivity contribution is -0.114. The molecule has 0 saturated heterocycles. The zero-order valence-electron chi connectivity index (χ0n) is 19.7. The number of unbranched alkanes of at least 4 members (excludes halogenated alkanes) is 4. The first-order chi connectivity index (χ1) is 15.6. The molecular weight excluding hydrogens is 402 g/mol. The second kappa shape index (κ2) is 14.1. The van der Waals surface area contributed by atoms with E-state index in [9.17, 15) is 9.59 Å². The van der Waals surface area contributed by atoms with Crippen LogP contribution in [0.2, 0.25) is 0 Å². The molecule has 0 saturated carbocycles. The standard InChI is InChI=1S/C26H37N3O3/c1-4-7-8-9-10-18-32-24-16-14-22(15-17-24)28-25(30)20-27-23-13-11-12-21(19-23)26(31)29(5-2)6-3/h11-17,19,27H,4-10,18,20H2,1-3H3,(H,28,30). The second-order valence-corrected chi connectivity index (χ2v) is 7.75. The van der Waals surface area contributed by atoms with Crippen LogP contribution in [0.25, 0.3) is 0 Å². The fourth-order valence-corrected chi connectivity index (χ4v) is 3.37. The number of hydrogen-bond acceptors (Lipinski definition) is 4. The van der Waals surface area contributed by atoms with Gasteiger partial charge in [-0.2, -0.15) is 0 Å². The quantitative estimate of drug-likeness (QED) is 0.378. The molecule has 2 aromatic rings. The van der Waals surface area contributed by atoms with Crippen molar-refractivity contribution in [2.75, 3.05) is 36.9 Å². The van der Waals surface area contributed by atoms with Gasteiger partial charge in [-0.3, -0.25) is 9.59 Å². The molecule has 0 spiro atoms. The van der Waals surface area contributed by atoms with Gasteiger partial charge in [0.1, 0.15) is 5.75 Å². The number of ether oxygens (including phenoxy) is 1. The molecular formula is C26H37N3O3. The first-order valence-corrected chi connectivity index (χ1v) is 11.7. The molecule has 0 aliphatic heterocycles. The van der Waals surface area contributed by atoms with Crippen molar-refractivity contribution in [3.8, 4) is 5.75 Å². The van der Waals surface area contributed by atoms with Crippen LogP contribution in [0.5, 0.6) is 5.75 Å². The van der Waals surface area contributed by atoms with Crippen LogP contribution in [0.3, 0.4) is 0 Å². The van der Waals surface area contributed by atoms with Crippen LogP contribution in [-0.2, 0) is 4.79 Å². The Hall–Kier alpha value is -3.02. The number of nitrogens with one attached hydrogen (secondary N) is 2. The average molecular weight is 440 g/mol. The molecule has 2 amide bonds. The lowest BCUT2D eigenvalue weighted by Crippen LogP contribution is -2.30. The highest BCUT2D eigenvalue weighted by molar-refractivity contribution is 5.96. The molecule has 0 bridgehead atoms. The predicted octanol–water partition coefficient (Wildman–Crippen LogP) is 5.57. The summed E-state index contributed by atoms with van der Waals surface area (Å²) in [6, 6.07) is 14.7. The summed E-state index contributed by atoms with van der Waals surface area (Å²) in [6.07, 6.45) is 6.04. The van der Waals surface area contributed by atoms with Crippen molar-refractivity contribution >= 4 is 23.2 Å². The van der Waals surface area contributed by atoms with Gasteiger partial charge < -0.3 is 20.3 Å². The van der Waals surface area contributed by atoms with Crippen molar-refractivity contribution in [2.24, 2.45) is 0 Å². The van der Waals surface area contributed by atoms with Crippen LogP contribution in [-0.4, -0.2) is 43.0 Å². The van der Waals surface area contributed by atoms with E-state index in [0.717, 1.165) is 30.2 Å². The molecule has 32 heavy (non-hydrogen) atoms. The van der Waals surface area contributed by atoms with E-state index in [1.807, 2.05) is 50.2 Å². The van der Waals surface area contributed by atoms with E-state index >= 15 is 0 Å². The minimum absolute atomic E-state index is 0.00799. The van der Waals surface area contributed by atoms with E-state index < -0.39 is 0 Å². The zero-order valence-corrected chi connectivity index (χ0v) is 19.7. The van der Waals surface area contributed by atoms with E-state index in [1.165, 1.54) is 25.7 Å². The molecule has 0 aromatic heterocycles. The Morgan fingerprint density at radius 1 is 0.875 bits per heavy atom. The Labute approximate surface area is 192 Å². The topological polar surface area (TPSA) is 70.7 Å². The molecule has 0 unspecified atom stereocenters. The highest BCUT2D eigenvalue weighted by atomic mass is 16.5. The van der Waals surface area contributed by atoms with E-state index in [-0.39, 0.29) is 18.4 Å². The van der Waals surface area contributed by atoms with Crippen molar-refractivity contribution in [2.45, 2.75) is 52.9 Å². The maximum Gasteiger partial charge on any atom is 0.253 e. The van der Waals surface area contributed by atoms with Crippen molar-refractivity contribution in [3.05, 3.63) is 54.1 Å². The monoisotopic (exact) mass is 439 g/mol. The van der Waals surface area contributed by atoms with Gasteiger partial charge in [0.05, 0.1) is 13.2 Å². The Kier molecular flexibility index (Phi) is 11.1. The minimum Gasteiger partial charge on any atom is -0.494 e. The van der Waals surface area contributed by atoms with Crippen LogP contribution >= 0.6 is 0 Å². The minimum atomic E-state index is -0.157. The maximum absolute atomic E-state index is 12.5. The Morgan fingerprint density at radius 3 is 2.28 bits per heavy atom. The number of nitrogens with zero attached hydrogens (tertiary/aromatic N) is 1. The Morgan fingerprint density at radius 2 is 1.59 bits per heavy atom. The van der Waals surface area contributed by atoms with Gasteiger partial charge in [0.2, 0.25) is 5.91 Å². The molecule has 0 heterocycles. The van der Waals surface area contributed by atoms with Gasteiger partial charge >= 0.3 is 0 Å².